The Morgan fingerprint density at radius 2 is 1.73 bits per heavy atom. The summed E-state index contributed by atoms with van der Waals surface area (Å²) in [5.41, 5.74) is 0.0952. The number of carboxylic acid groups (broad SMARTS) is 1. The largest absolute Gasteiger partial charge is 0.482 e. The van der Waals surface area contributed by atoms with Gasteiger partial charge in [-0.2, -0.15) is 0 Å². The van der Waals surface area contributed by atoms with Crippen molar-refractivity contribution in [3.63, 3.8) is 0 Å². The molecule has 0 heterocycles. The number of benzene rings is 2. The zero-order valence-corrected chi connectivity index (χ0v) is 14.3. The third kappa shape index (κ3) is 4.57. The van der Waals surface area contributed by atoms with Crippen molar-refractivity contribution in [3.05, 3.63) is 57.0 Å². The molecular weight excluding hydrogens is 420 g/mol. The van der Waals surface area contributed by atoms with Crippen molar-refractivity contribution >= 4 is 43.8 Å². The standard InChI is InChI=1S/C15H10Br2O5/c16-10-2-4-11(5-3-10)21-8-14(18)22-13-6-1-9(15(19)20)7-12(13)17/h1-7H,8H2,(H,19,20). The van der Waals surface area contributed by atoms with Gasteiger partial charge in [-0.25, -0.2) is 9.59 Å². The van der Waals surface area contributed by atoms with Crippen LogP contribution < -0.4 is 9.47 Å². The summed E-state index contributed by atoms with van der Waals surface area (Å²) in [7, 11) is 0. The van der Waals surface area contributed by atoms with Gasteiger partial charge in [0.25, 0.3) is 0 Å². The van der Waals surface area contributed by atoms with Crippen LogP contribution in [0.1, 0.15) is 10.4 Å². The van der Waals surface area contributed by atoms with E-state index >= 15 is 0 Å². The lowest BCUT2D eigenvalue weighted by atomic mass is 10.2. The summed E-state index contributed by atoms with van der Waals surface area (Å²) in [5.74, 6) is -0.876. The second-order valence-corrected chi connectivity index (χ2v) is 5.94. The van der Waals surface area contributed by atoms with Crippen molar-refractivity contribution < 1.29 is 24.2 Å². The van der Waals surface area contributed by atoms with E-state index < -0.39 is 11.9 Å². The number of hydrogen-bond acceptors (Lipinski definition) is 4. The first-order valence-corrected chi connectivity index (χ1v) is 7.66. The van der Waals surface area contributed by atoms with E-state index in [9.17, 15) is 9.59 Å². The summed E-state index contributed by atoms with van der Waals surface area (Å²) < 4.78 is 11.7. The minimum atomic E-state index is -1.06. The maximum absolute atomic E-state index is 11.7. The van der Waals surface area contributed by atoms with Crippen molar-refractivity contribution in [2.45, 2.75) is 0 Å². The van der Waals surface area contributed by atoms with Gasteiger partial charge in [0, 0.05) is 4.47 Å². The van der Waals surface area contributed by atoms with Crippen LogP contribution in [0.2, 0.25) is 0 Å². The van der Waals surface area contributed by atoms with Gasteiger partial charge >= 0.3 is 11.9 Å². The molecule has 0 aliphatic carbocycles. The van der Waals surface area contributed by atoms with Crippen LogP contribution in [0.4, 0.5) is 0 Å². The molecule has 0 bridgehead atoms. The lowest BCUT2D eigenvalue weighted by Gasteiger charge is -2.08. The molecule has 0 spiro atoms. The van der Waals surface area contributed by atoms with Crippen molar-refractivity contribution in [2.24, 2.45) is 0 Å². The maximum Gasteiger partial charge on any atom is 0.349 e. The first kappa shape index (κ1) is 16.5. The van der Waals surface area contributed by atoms with E-state index in [1.54, 1.807) is 24.3 Å². The molecule has 0 aromatic heterocycles. The van der Waals surface area contributed by atoms with E-state index in [1.165, 1.54) is 18.2 Å². The summed E-state index contributed by atoms with van der Waals surface area (Å²) in [6.45, 7) is -0.255. The van der Waals surface area contributed by atoms with E-state index in [0.29, 0.717) is 10.2 Å². The highest BCUT2D eigenvalue weighted by Crippen LogP contribution is 2.26. The maximum atomic E-state index is 11.7. The van der Waals surface area contributed by atoms with Crippen LogP contribution in [0.3, 0.4) is 0 Å². The number of carbonyl (C=O) groups is 2. The number of halogens is 2. The predicted octanol–water partition coefficient (Wildman–Crippen LogP) is 3.89. The lowest BCUT2D eigenvalue weighted by molar-refractivity contribution is -0.136. The van der Waals surface area contributed by atoms with E-state index in [1.807, 2.05) is 0 Å². The monoisotopic (exact) mass is 428 g/mol. The predicted molar refractivity (Wildman–Crippen MR) is 86.4 cm³/mol. The molecule has 0 aliphatic rings. The Kier molecular flexibility index (Phi) is 5.57. The lowest BCUT2D eigenvalue weighted by Crippen LogP contribution is -2.18. The number of carbonyl (C=O) groups excluding carboxylic acids is 1. The van der Waals surface area contributed by atoms with Gasteiger partial charge in [0.15, 0.2) is 6.61 Å². The number of esters is 1. The van der Waals surface area contributed by atoms with Crippen LogP contribution >= 0.6 is 31.9 Å². The van der Waals surface area contributed by atoms with Gasteiger partial charge < -0.3 is 14.6 Å². The van der Waals surface area contributed by atoms with Crippen molar-refractivity contribution in [1.29, 1.82) is 0 Å². The summed E-state index contributed by atoms with van der Waals surface area (Å²) in [5, 5.41) is 8.86. The zero-order chi connectivity index (χ0) is 16.1. The fourth-order valence-electron chi connectivity index (χ4n) is 1.54. The molecule has 2 rings (SSSR count). The number of ether oxygens (including phenoxy) is 2. The highest BCUT2D eigenvalue weighted by atomic mass is 79.9. The van der Waals surface area contributed by atoms with Crippen LogP contribution in [-0.2, 0) is 4.79 Å². The molecule has 114 valence electrons. The first-order chi connectivity index (χ1) is 10.5. The minimum absolute atomic E-state index is 0.0952. The minimum Gasteiger partial charge on any atom is -0.482 e. The van der Waals surface area contributed by atoms with E-state index in [-0.39, 0.29) is 17.9 Å². The number of aromatic carboxylic acids is 1. The van der Waals surface area contributed by atoms with Crippen LogP contribution in [0, 0.1) is 0 Å². The Morgan fingerprint density at radius 3 is 2.32 bits per heavy atom. The number of hydrogen-bond donors (Lipinski definition) is 1. The third-order valence-corrected chi connectivity index (χ3v) is 3.72. The van der Waals surface area contributed by atoms with Crippen molar-refractivity contribution in [1.82, 2.24) is 0 Å². The molecule has 0 aliphatic heterocycles. The molecule has 1 N–H and O–H groups in total. The van der Waals surface area contributed by atoms with E-state index in [4.69, 9.17) is 14.6 Å². The molecule has 7 heteroatoms. The summed E-state index contributed by atoms with van der Waals surface area (Å²) in [4.78, 5) is 22.5. The van der Waals surface area contributed by atoms with Gasteiger partial charge in [-0.05, 0) is 58.4 Å². The van der Waals surface area contributed by atoms with Gasteiger partial charge in [-0.1, -0.05) is 15.9 Å². The molecule has 5 nitrogen and oxygen atoms in total. The highest BCUT2D eigenvalue weighted by Gasteiger charge is 2.12. The molecule has 2 aromatic rings. The van der Waals surface area contributed by atoms with E-state index in [2.05, 4.69) is 31.9 Å². The fraction of sp³-hybridized carbons (Fsp3) is 0.0667. The molecular formula is C15H10Br2O5. The SMILES string of the molecule is O=C(COc1ccc(Br)cc1)Oc1ccc(C(=O)O)cc1Br. The summed E-state index contributed by atoms with van der Waals surface area (Å²) in [6, 6.07) is 11.1. The van der Waals surface area contributed by atoms with Gasteiger partial charge in [-0.3, -0.25) is 0 Å². The highest BCUT2D eigenvalue weighted by molar-refractivity contribution is 9.10. The Labute approximate surface area is 143 Å². The van der Waals surface area contributed by atoms with Gasteiger partial charge in [0.05, 0.1) is 10.0 Å². The normalized spacial score (nSPS) is 10.1. The van der Waals surface area contributed by atoms with E-state index in [0.717, 1.165) is 4.47 Å². The van der Waals surface area contributed by atoms with Crippen molar-refractivity contribution in [3.8, 4) is 11.5 Å². The zero-order valence-electron chi connectivity index (χ0n) is 11.1. The molecule has 0 fully saturated rings. The second kappa shape index (κ2) is 7.42. The van der Waals surface area contributed by atoms with Gasteiger partial charge in [-0.15, -0.1) is 0 Å². The fourth-order valence-corrected chi connectivity index (χ4v) is 2.27. The summed E-state index contributed by atoms with van der Waals surface area (Å²) >= 11 is 6.46. The Balaban J connectivity index is 1.94. The Hall–Kier alpha value is -1.86. The molecule has 0 amide bonds. The molecule has 0 saturated heterocycles. The smallest absolute Gasteiger partial charge is 0.349 e. The Morgan fingerprint density at radius 1 is 1.05 bits per heavy atom. The average molecular weight is 430 g/mol. The molecule has 22 heavy (non-hydrogen) atoms. The third-order valence-electron chi connectivity index (χ3n) is 2.57. The van der Waals surface area contributed by atoms with Gasteiger partial charge in [0.2, 0.25) is 0 Å². The Bertz CT molecular complexity index is 698. The molecule has 0 atom stereocenters. The first-order valence-electron chi connectivity index (χ1n) is 6.07. The molecule has 0 saturated carbocycles. The van der Waals surface area contributed by atoms with Crippen molar-refractivity contribution in [2.75, 3.05) is 6.61 Å². The number of carboxylic acids is 1. The van der Waals surface area contributed by atoms with Crippen LogP contribution in [0.25, 0.3) is 0 Å². The summed E-state index contributed by atoms with van der Waals surface area (Å²) in [6.07, 6.45) is 0. The second-order valence-electron chi connectivity index (χ2n) is 4.17. The number of rotatable bonds is 5. The van der Waals surface area contributed by atoms with Gasteiger partial charge in [0.1, 0.15) is 11.5 Å². The molecule has 0 radical (unpaired) electrons. The quantitative estimate of drug-likeness (QED) is 0.576. The van der Waals surface area contributed by atoms with Crippen LogP contribution in [-0.4, -0.2) is 23.7 Å². The molecule has 0 unspecified atom stereocenters. The topological polar surface area (TPSA) is 72.8 Å². The van der Waals surface area contributed by atoms with Crippen LogP contribution in [0.5, 0.6) is 11.5 Å². The molecule has 2 aromatic carbocycles. The average Bonchev–Trinajstić information content (AvgIpc) is 2.48. The van der Waals surface area contributed by atoms with Crippen LogP contribution in [0.15, 0.2) is 51.4 Å².